The summed E-state index contributed by atoms with van der Waals surface area (Å²) in [5, 5.41) is 5.01. The molecule has 0 saturated carbocycles. The lowest BCUT2D eigenvalue weighted by atomic mass is 9.92. The summed E-state index contributed by atoms with van der Waals surface area (Å²) >= 11 is 6.00. The Hall–Kier alpha value is -2.39. The Bertz CT molecular complexity index is 988. The van der Waals surface area contributed by atoms with Gasteiger partial charge in [0.15, 0.2) is 0 Å². The Kier molecular flexibility index (Phi) is 4.78. The predicted molar refractivity (Wildman–Crippen MR) is 104 cm³/mol. The summed E-state index contributed by atoms with van der Waals surface area (Å²) in [4.78, 5) is 12.8. The molecule has 1 aromatic heterocycles. The largest absolute Gasteiger partial charge is 0.274 e. The lowest BCUT2D eigenvalue weighted by Crippen LogP contribution is -2.24. The highest BCUT2D eigenvalue weighted by Crippen LogP contribution is 2.31. The van der Waals surface area contributed by atoms with Gasteiger partial charge in [-0.2, -0.15) is 5.10 Å². The Morgan fingerprint density at radius 3 is 2.32 bits per heavy atom. The molecule has 0 N–H and O–H groups in total. The fourth-order valence-corrected chi connectivity index (χ4v) is 3.23. The van der Waals surface area contributed by atoms with Gasteiger partial charge in [-0.3, -0.25) is 4.79 Å². The average Bonchev–Trinajstić information content (AvgIpc) is 2.61. The second-order valence-electron chi connectivity index (χ2n) is 6.25. The maximum Gasteiger partial charge on any atom is 0.274 e. The van der Waals surface area contributed by atoms with Crippen LogP contribution in [0.25, 0.3) is 22.3 Å². The number of hydrogen-bond donors (Lipinski definition) is 0. The van der Waals surface area contributed by atoms with Crippen LogP contribution in [0.4, 0.5) is 0 Å². The molecule has 0 amide bonds. The zero-order chi connectivity index (χ0) is 18.1. The first kappa shape index (κ1) is 17.4. The van der Waals surface area contributed by atoms with E-state index in [4.69, 9.17) is 11.6 Å². The van der Waals surface area contributed by atoms with Crippen LogP contribution in [0, 0.1) is 13.8 Å². The van der Waals surface area contributed by atoms with Crippen molar-refractivity contribution >= 4 is 11.6 Å². The van der Waals surface area contributed by atoms with Crippen LogP contribution in [-0.2, 0) is 13.5 Å². The third-order valence-corrected chi connectivity index (χ3v) is 4.92. The minimum absolute atomic E-state index is 0.0638. The third kappa shape index (κ3) is 3.24. The molecular formula is C21H21ClN2O. The van der Waals surface area contributed by atoms with E-state index in [9.17, 15) is 4.79 Å². The zero-order valence-corrected chi connectivity index (χ0v) is 15.7. The molecule has 0 saturated heterocycles. The van der Waals surface area contributed by atoms with Gasteiger partial charge < -0.3 is 0 Å². The standard InChI is InChI=1S/C21H21ClN2O/c1-5-15-6-7-17(16-8-10-18(22)11-9-16)12-19(15)20-13(2)14(3)23-24(4)21(20)25/h6-12H,5H2,1-4H3. The van der Waals surface area contributed by atoms with Gasteiger partial charge in [0.05, 0.1) is 11.3 Å². The molecule has 0 atom stereocenters. The summed E-state index contributed by atoms with van der Waals surface area (Å²) in [7, 11) is 1.70. The maximum absolute atomic E-state index is 12.8. The van der Waals surface area contributed by atoms with E-state index < -0.39 is 0 Å². The van der Waals surface area contributed by atoms with Crippen LogP contribution in [-0.4, -0.2) is 9.78 Å². The number of aromatic nitrogens is 2. The van der Waals surface area contributed by atoms with Crippen molar-refractivity contribution in [2.24, 2.45) is 7.05 Å². The van der Waals surface area contributed by atoms with Crippen molar-refractivity contribution < 1.29 is 0 Å². The predicted octanol–water partition coefficient (Wildman–Crippen LogP) is 4.95. The lowest BCUT2D eigenvalue weighted by molar-refractivity contribution is 0.690. The Labute approximate surface area is 152 Å². The molecule has 3 aromatic rings. The smallest absolute Gasteiger partial charge is 0.267 e. The van der Waals surface area contributed by atoms with Crippen LogP contribution in [0.3, 0.4) is 0 Å². The zero-order valence-electron chi connectivity index (χ0n) is 14.9. The highest BCUT2D eigenvalue weighted by Gasteiger charge is 2.16. The third-order valence-electron chi connectivity index (χ3n) is 4.66. The van der Waals surface area contributed by atoms with Crippen LogP contribution < -0.4 is 5.56 Å². The first-order valence-corrected chi connectivity index (χ1v) is 8.74. The molecule has 0 aliphatic heterocycles. The molecule has 1 heterocycles. The van der Waals surface area contributed by atoms with Crippen molar-refractivity contribution in [3.05, 3.63) is 74.7 Å². The van der Waals surface area contributed by atoms with Gasteiger partial charge in [0, 0.05) is 12.1 Å². The normalized spacial score (nSPS) is 10.9. The summed E-state index contributed by atoms with van der Waals surface area (Å²) in [5.74, 6) is 0. The van der Waals surface area contributed by atoms with E-state index in [1.165, 1.54) is 4.68 Å². The average molecular weight is 353 g/mol. The summed E-state index contributed by atoms with van der Waals surface area (Å²) in [6, 6.07) is 14.1. The molecule has 0 aliphatic rings. The number of benzene rings is 2. The van der Waals surface area contributed by atoms with Crippen molar-refractivity contribution in [1.82, 2.24) is 9.78 Å². The minimum atomic E-state index is -0.0638. The van der Waals surface area contributed by atoms with Crippen LogP contribution in [0.2, 0.25) is 5.02 Å². The van der Waals surface area contributed by atoms with Gasteiger partial charge in [-0.25, -0.2) is 4.68 Å². The molecule has 0 unspecified atom stereocenters. The lowest BCUT2D eigenvalue weighted by Gasteiger charge is -2.15. The maximum atomic E-state index is 12.8. The summed E-state index contributed by atoms with van der Waals surface area (Å²) < 4.78 is 1.42. The fraction of sp³-hybridized carbons (Fsp3) is 0.238. The number of aryl methyl sites for hydroxylation is 3. The monoisotopic (exact) mass is 352 g/mol. The van der Waals surface area contributed by atoms with Gasteiger partial charge in [-0.05, 0) is 66.3 Å². The van der Waals surface area contributed by atoms with E-state index in [2.05, 4.69) is 30.2 Å². The SMILES string of the molecule is CCc1ccc(-c2ccc(Cl)cc2)cc1-c1c(C)c(C)nn(C)c1=O. The van der Waals surface area contributed by atoms with E-state index in [-0.39, 0.29) is 5.56 Å². The molecule has 0 spiro atoms. The number of rotatable bonds is 3. The second-order valence-corrected chi connectivity index (χ2v) is 6.68. The molecule has 0 fully saturated rings. The number of nitrogens with zero attached hydrogens (tertiary/aromatic N) is 2. The first-order chi connectivity index (χ1) is 11.9. The van der Waals surface area contributed by atoms with E-state index in [0.717, 1.165) is 45.5 Å². The van der Waals surface area contributed by atoms with Crippen LogP contribution >= 0.6 is 11.6 Å². The van der Waals surface area contributed by atoms with Gasteiger partial charge in [0.2, 0.25) is 0 Å². The van der Waals surface area contributed by atoms with Crippen molar-refractivity contribution in [1.29, 1.82) is 0 Å². The molecule has 2 aromatic carbocycles. The first-order valence-electron chi connectivity index (χ1n) is 8.36. The van der Waals surface area contributed by atoms with Gasteiger partial charge in [0.1, 0.15) is 0 Å². The molecule has 3 rings (SSSR count). The van der Waals surface area contributed by atoms with Crippen molar-refractivity contribution in [2.75, 3.05) is 0 Å². The fourth-order valence-electron chi connectivity index (χ4n) is 3.11. The van der Waals surface area contributed by atoms with Crippen LogP contribution in [0.1, 0.15) is 23.7 Å². The molecule has 25 heavy (non-hydrogen) atoms. The second kappa shape index (κ2) is 6.85. The highest BCUT2D eigenvalue weighted by atomic mass is 35.5. The minimum Gasteiger partial charge on any atom is -0.267 e. The topological polar surface area (TPSA) is 34.9 Å². The molecule has 3 nitrogen and oxygen atoms in total. The van der Waals surface area contributed by atoms with Gasteiger partial charge >= 0.3 is 0 Å². The van der Waals surface area contributed by atoms with Crippen molar-refractivity contribution in [3.63, 3.8) is 0 Å². The van der Waals surface area contributed by atoms with E-state index in [1.54, 1.807) is 7.05 Å². The van der Waals surface area contributed by atoms with E-state index in [1.807, 2.05) is 38.1 Å². The Morgan fingerprint density at radius 1 is 1.04 bits per heavy atom. The summed E-state index contributed by atoms with van der Waals surface area (Å²) in [6.07, 6.45) is 0.861. The van der Waals surface area contributed by atoms with Gasteiger partial charge in [-0.15, -0.1) is 0 Å². The van der Waals surface area contributed by atoms with E-state index >= 15 is 0 Å². The molecular weight excluding hydrogens is 332 g/mol. The van der Waals surface area contributed by atoms with Gasteiger partial charge in [-0.1, -0.05) is 42.8 Å². The molecule has 128 valence electrons. The quantitative estimate of drug-likeness (QED) is 0.668. The summed E-state index contributed by atoms with van der Waals surface area (Å²) in [5.41, 5.74) is 6.77. The number of hydrogen-bond acceptors (Lipinski definition) is 2. The molecule has 0 aliphatic carbocycles. The highest BCUT2D eigenvalue weighted by molar-refractivity contribution is 6.30. The van der Waals surface area contributed by atoms with Crippen molar-refractivity contribution in [2.45, 2.75) is 27.2 Å². The Morgan fingerprint density at radius 2 is 1.68 bits per heavy atom. The number of halogens is 1. The van der Waals surface area contributed by atoms with Crippen LogP contribution in [0.15, 0.2) is 47.3 Å². The summed E-state index contributed by atoms with van der Waals surface area (Å²) in [6.45, 7) is 6.01. The van der Waals surface area contributed by atoms with Gasteiger partial charge in [0.25, 0.3) is 5.56 Å². The molecule has 0 bridgehead atoms. The molecule has 0 radical (unpaired) electrons. The molecule has 4 heteroatoms. The van der Waals surface area contributed by atoms with Crippen molar-refractivity contribution in [3.8, 4) is 22.3 Å². The van der Waals surface area contributed by atoms with E-state index in [0.29, 0.717) is 5.02 Å². The Balaban J connectivity index is 2.28. The van der Waals surface area contributed by atoms with Crippen LogP contribution in [0.5, 0.6) is 0 Å².